The molecule has 0 atom stereocenters. The summed E-state index contributed by atoms with van der Waals surface area (Å²) in [5, 5.41) is 0. The molecule has 0 N–H and O–H groups in total. The van der Waals surface area contributed by atoms with Crippen molar-refractivity contribution in [3.8, 4) is 0 Å². The number of benzene rings is 2. The molecule has 0 saturated carbocycles. The topological polar surface area (TPSA) is 12.4 Å². The van der Waals surface area contributed by atoms with Crippen molar-refractivity contribution >= 4 is 11.4 Å². The predicted octanol–water partition coefficient (Wildman–Crippen LogP) is 6.31. The summed E-state index contributed by atoms with van der Waals surface area (Å²) in [6.45, 7) is 9.59. The van der Waals surface area contributed by atoms with E-state index in [1.54, 1.807) is 12.2 Å². The fourth-order valence-corrected chi connectivity index (χ4v) is 2.34. The van der Waals surface area contributed by atoms with Crippen LogP contribution in [0.25, 0.3) is 5.70 Å². The lowest BCUT2D eigenvalue weighted by molar-refractivity contribution is 1.41. The normalized spacial score (nSPS) is 12.7. The Morgan fingerprint density at radius 2 is 1.60 bits per heavy atom. The summed E-state index contributed by atoms with van der Waals surface area (Å²) in [5.74, 6) is 0. The molecule has 0 unspecified atom stereocenters. The second-order valence-electron chi connectivity index (χ2n) is 5.50. The monoisotopic (exact) mass is 325 g/mol. The molecule has 0 spiro atoms. The van der Waals surface area contributed by atoms with Crippen LogP contribution in [-0.4, -0.2) is 5.71 Å². The Morgan fingerprint density at radius 1 is 0.840 bits per heavy atom. The minimum atomic E-state index is 0.884. The Balaban J connectivity index is 2.50. The van der Waals surface area contributed by atoms with E-state index < -0.39 is 0 Å². The number of hydrogen-bond acceptors (Lipinski definition) is 1. The van der Waals surface area contributed by atoms with Crippen LogP contribution in [-0.2, 0) is 0 Å². The largest absolute Gasteiger partial charge is 0.248 e. The van der Waals surface area contributed by atoms with Crippen LogP contribution in [0.1, 0.15) is 16.7 Å². The fourth-order valence-electron chi connectivity index (χ4n) is 2.34. The molecule has 0 heterocycles. The van der Waals surface area contributed by atoms with Crippen molar-refractivity contribution in [2.75, 3.05) is 0 Å². The number of nitrogens with zero attached hydrogens (tertiary/aromatic N) is 1. The molecule has 124 valence electrons. The van der Waals surface area contributed by atoms with Crippen LogP contribution in [0.15, 0.2) is 115 Å². The summed E-state index contributed by atoms with van der Waals surface area (Å²) in [5.41, 5.74) is 5.11. The third-order valence-corrected chi connectivity index (χ3v) is 3.51. The zero-order chi connectivity index (χ0) is 17.9. The molecule has 0 amide bonds. The molecule has 1 heteroatoms. The molecule has 0 aromatic heterocycles. The van der Waals surface area contributed by atoms with Gasteiger partial charge in [-0.1, -0.05) is 97.6 Å². The Morgan fingerprint density at radius 3 is 2.28 bits per heavy atom. The van der Waals surface area contributed by atoms with Crippen LogP contribution >= 0.6 is 0 Å². The van der Waals surface area contributed by atoms with E-state index in [1.165, 1.54) is 5.56 Å². The summed E-state index contributed by atoms with van der Waals surface area (Å²) < 4.78 is 0. The van der Waals surface area contributed by atoms with Gasteiger partial charge in [0, 0.05) is 11.1 Å². The highest BCUT2D eigenvalue weighted by Crippen LogP contribution is 2.19. The van der Waals surface area contributed by atoms with E-state index in [0.29, 0.717) is 0 Å². The van der Waals surface area contributed by atoms with Crippen molar-refractivity contribution in [1.29, 1.82) is 0 Å². The van der Waals surface area contributed by atoms with E-state index in [2.05, 4.69) is 50.4 Å². The van der Waals surface area contributed by atoms with Crippen molar-refractivity contribution in [2.24, 2.45) is 4.99 Å². The first-order valence-corrected chi connectivity index (χ1v) is 8.24. The average Bonchev–Trinajstić information content (AvgIpc) is 2.64. The fraction of sp³-hybridized carbons (Fsp3) is 0.0417. The standard InChI is InChI=1S/C24H23N/c1-4-6-7-11-18-24(21-15-9-8-10-16-21)25-23(13-5-2)22-17-12-14-20(3)19-22/h4-19H,1-2H2,3H3/b7-6+,18-11+,23-13-,25-24-. The lowest BCUT2D eigenvalue weighted by Crippen LogP contribution is -1.97. The molecular formula is C24H23N. The van der Waals surface area contributed by atoms with E-state index in [4.69, 9.17) is 4.99 Å². The molecule has 0 radical (unpaired) electrons. The summed E-state index contributed by atoms with van der Waals surface area (Å²) in [6, 6.07) is 18.5. The van der Waals surface area contributed by atoms with Gasteiger partial charge < -0.3 is 0 Å². The maximum Gasteiger partial charge on any atom is 0.0709 e. The first-order valence-electron chi connectivity index (χ1n) is 8.24. The lowest BCUT2D eigenvalue weighted by atomic mass is 10.1. The zero-order valence-corrected chi connectivity index (χ0v) is 14.6. The molecule has 0 aliphatic heterocycles. The third kappa shape index (κ3) is 5.74. The second kappa shape index (κ2) is 9.84. The third-order valence-electron chi connectivity index (χ3n) is 3.51. The van der Waals surface area contributed by atoms with E-state index in [9.17, 15) is 0 Å². The van der Waals surface area contributed by atoms with Gasteiger partial charge in [0.1, 0.15) is 0 Å². The van der Waals surface area contributed by atoms with Gasteiger partial charge in [0.15, 0.2) is 0 Å². The molecule has 2 aromatic carbocycles. The van der Waals surface area contributed by atoms with Crippen LogP contribution in [0, 0.1) is 6.92 Å². The van der Waals surface area contributed by atoms with Crippen LogP contribution in [0.3, 0.4) is 0 Å². The van der Waals surface area contributed by atoms with Gasteiger partial charge in [-0.3, -0.25) is 0 Å². The average molecular weight is 325 g/mol. The molecule has 0 bridgehead atoms. The second-order valence-corrected chi connectivity index (χ2v) is 5.50. The lowest BCUT2D eigenvalue weighted by Gasteiger charge is -2.07. The molecular weight excluding hydrogens is 302 g/mol. The molecule has 25 heavy (non-hydrogen) atoms. The van der Waals surface area contributed by atoms with Gasteiger partial charge in [0.05, 0.1) is 11.4 Å². The molecule has 0 aliphatic carbocycles. The van der Waals surface area contributed by atoms with Gasteiger partial charge in [-0.25, -0.2) is 4.99 Å². The van der Waals surface area contributed by atoms with E-state index in [1.807, 2.05) is 54.6 Å². The van der Waals surface area contributed by atoms with E-state index in [-0.39, 0.29) is 0 Å². The van der Waals surface area contributed by atoms with Gasteiger partial charge in [-0.2, -0.15) is 0 Å². The quantitative estimate of drug-likeness (QED) is 0.418. The van der Waals surface area contributed by atoms with Crippen molar-refractivity contribution in [3.05, 3.63) is 127 Å². The van der Waals surface area contributed by atoms with Gasteiger partial charge in [-0.15, -0.1) is 0 Å². The Hall–Kier alpha value is -3.19. The first-order chi connectivity index (χ1) is 12.2. The number of hydrogen-bond donors (Lipinski definition) is 0. The summed E-state index contributed by atoms with van der Waals surface area (Å²) in [6.07, 6.45) is 13.3. The summed E-state index contributed by atoms with van der Waals surface area (Å²) >= 11 is 0. The Bertz CT molecular complexity index is 833. The maximum atomic E-state index is 4.91. The highest BCUT2D eigenvalue weighted by Gasteiger charge is 2.04. The Kier molecular flexibility index (Phi) is 7.14. The molecule has 2 aromatic rings. The molecule has 0 aliphatic rings. The first kappa shape index (κ1) is 18.2. The molecule has 0 fully saturated rings. The highest BCUT2D eigenvalue weighted by atomic mass is 14.8. The van der Waals surface area contributed by atoms with Gasteiger partial charge >= 0.3 is 0 Å². The summed E-state index contributed by atoms with van der Waals surface area (Å²) in [7, 11) is 0. The van der Waals surface area contributed by atoms with Gasteiger partial charge in [-0.05, 0) is 25.1 Å². The summed E-state index contributed by atoms with van der Waals surface area (Å²) in [4.78, 5) is 4.91. The predicted molar refractivity (Wildman–Crippen MR) is 111 cm³/mol. The zero-order valence-electron chi connectivity index (χ0n) is 14.6. The van der Waals surface area contributed by atoms with Crippen LogP contribution in [0.5, 0.6) is 0 Å². The van der Waals surface area contributed by atoms with Crippen LogP contribution in [0.4, 0.5) is 0 Å². The van der Waals surface area contributed by atoms with Crippen LogP contribution in [0.2, 0.25) is 0 Å². The Labute approximate surface area is 150 Å². The SMILES string of the molecule is C=C\C=C(/N=C(/C=C/C=C/C=C)c1ccccc1)c1cccc(C)c1. The van der Waals surface area contributed by atoms with Gasteiger partial charge in [0.2, 0.25) is 0 Å². The highest BCUT2D eigenvalue weighted by molar-refractivity contribution is 6.11. The molecule has 1 nitrogen and oxygen atoms in total. The van der Waals surface area contributed by atoms with E-state index in [0.717, 1.165) is 22.5 Å². The number of aliphatic imine (C=N–C) groups is 1. The van der Waals surface area contributed by atoms with Crippen LogP contribution < -0.4 is 0 Å². The number of allylic oxidation sites excluding steroid dienone is 7. The van der Waals surface area contributed by atoms with Gasteiger partial charge in [0.25, 0.3) is 0 Å². The molecule has 2 rings (SSSR count). The van der Waals surface area contributed by atoms with Crippen molar-refractivity contribution < 1.29 is 0 Å². The number of aryl methyl sites for hydroxylation is 1. The number of rotatable bonds is 7. The molecule has 0 saturated heterocycles. The maximum absolute atomic E-state index is 4.91. The van der Waals surface area contributed by atoms with Crippen molar-refractivity contribution in [2.45, 2.75) is 6.92 Å². The smallest absolute Gasteiger partial charge is 0.0709 e. The van der Waals surface area contributed by atoms with E-state index >= 15 is 0 Å². The minimum absolute atomic E-state index is 0.884. The minimum Gasteiger partial charge on any atom is -0.248 e. The van der Waals surface area contributed by atoms with Crippen molar-refractivity contribution in [1.82, 2.24) is 0 Å². The van der Waals surface area contributed by atoms with Crippen molar-refractivity contribution in [3.63, 3.8) is 0 Å².